The summed E-state index contributed by atoms with van der Waals surface area (Å²) in [6.07, 6.45) is 3.55. The Hall–Kier alpha value is -3.19. The summed E-state index contributed by atoms with van der Waals surface area (Å²) in [5.41, 5.74) is 4.47. The first-order valence-electron chi connectivity index (χ1n) is 11.5. The number of anilines is 3. The van der Waals surface area contributed by atoms with Crippen molar-refractivity contribution in [3.05, 3.63) is 35.7 Å². The second-order valence-corrected chi connectivity index (χ2v) is 8.37. The molecule has 2 saturated heterocycles. The highest BCUT2D eigenvalue weighted by atomic mass is 16.5. The van der Waals surface area contributed by atoms with Crippen LogP contribution in [0.4, 0.5) is 17.5 Å². The average Bonchev–Trinajstić information content (AvgIpc) is 3.31. The van der Waals surface area contributed by atoms with Crippen LogP contribution in [0.5, 0.6) is 0 Å². The van der Waals surface area contributed by atoms with Gasteiger partial charge in [0.05, 0.1) is 26.1 Å². The molecule has 172 valence electrons. The number of hydrogen-bond donors (Lipinski definition) is 3. The van der Waals surface area contributed by atoms with E-state index < -0.39 is 0 Å². The molecule has 0 bridgehead atoms. The molecule has 2 fully saturated rings. The second-order valence-electron chi connectivity index (χ2n) is 8.37. The number of aromatic nitrogens is 4. The number of benzene rings is 1. The highest BCUT2D eigenvalue weighted by Gasteiger charge is 2.18. The molecule has 0 atom stereocenters. The topological polar surface area (TPSA) is 100 Å². The Bertz CT molecular complexity index is 1150. The summed E-state index contributed by atoms with van der Waals surface area (Å²) in [4.78, 5) is 19.1. The third kappa shape index (κ3) is 5.42. The Morgan fingerprint density at radius 2 is 1.94 bits per heavy atom. The van der Waals surface area contributed by atoms with Crippen LogP contribution in [0.25, 0.3) is 11.2 Å². The van der Waals surface area contributed by atoms with Gasteiger partial charge in [0.25, 0.3) is 0 Å². The molecule has 1 aromatic carbocycles. The molecule has 2 aliphatic rings. The van der Waals surface area contributed by atoms with Crippen LogP contribution in [0.15, 0.2) is 24.5 Å². The van der Waals surface area contributed by atoms with E-state index in [1.807, 2.05) is 12.1 Å². The highest BCUT2D eigenvalue weighted by molar-refractivity contribution is 5.84. The van der Waals surface area contributed by atoms with Crippen molar-refractivity contribution in [2.75, 3.05) is 56.7 Å². The molecule has 3 aromatic rings. The molecule has 0 spiro atoms. The minimum Gasteiger partial charge on any atom is -0.381 e. The molecule has 0 saturated carbocycles. The molecule has 5 rings (SSSR count). The maximum Gasteiger partial charge on any atom is 0.231 e. The van der Waals surface area contributed by atoms with Crippen LogP contribution in [0.3, 0.4) is 0 Å². The van der Waals surface area contributed by atoms with Crippen molar-refractivity contribution in [3.8, 4) is 11.8 Å². The zero-order valence-corrected chi connectivity index (χ0v) is 18.9. The van der Waals surface area contributed by atoms with Crippen molar-refractivity contribution >= 4 is 28.6 Å². The quantitative estimate of drug-likeness (QED) is 0.514. The fourth-order valence-corrected chi connectivity index (χ4v) is 4.04. The molecule has 4 heterocycles. The monoisotopic (exact) mass is 447 g/mol. The number of morpholine rings is 1. The number of fused-ring (bicyclic) bond motifs is 1. The van der Waals surface area contributed by atoms with Crippen LogP contribution in [0.1, 0.15) is 24.0 Å². The van der Waals surface area contributed by atoms with Crippen LogP contribution < -0.4 is 10.6 Å². The van der Waals surface area contributed by atoms with Crippen molar-refractivity contribution in [2.45, 2.75) is 25.8 Å². The predicted molar refractivity (Wildman–Crippen MR) is 128 cm³/mol. The van der Waals surface area contributed by atoms with E-state index in [4.69, 9.17) is 14.5 Å². The average molecular weight is 448 g/mol. The first-order valence-corrected chi connectivity index (χ1v) is 11.5. The molecule has 2 aromatic heterocycles. The van der Waals surface area contributed by atoms with Crippen LogP contribution in [0, 0.1) is 18.8 Å². The number of aromatic amines is 1. The largest absolute Gasteiger partial charge is 0.381 e. The van der Waals surface area contributed by atoms with Gasteiger partial charge in [-0.25, -0.2) is 4.98 Å². The Morgan fingerprint density at radius 1 is 1.12 bits per heavy atom. The first kappa shape index (κ1) is 21.6. The third-order valence-electron chi connectivity index (χ3n) is 5.96. The van der Waals surface area contributed by atoms with Crippen LogP contribution >= 0.6 is 0 Å². The summed E-state index contributed by atoms with van der Waals surface area (Å²) in [7, 11) is 0. The zero-order valence-electron chi connectivity index (χ0n) is 18.9. The summed E-state index contributed by atoms with van der Waals surface area (Å²) in [6, 6.07) is 6.46. The first-order chi connectivity index (χ1) is 16.2. The molecule has 0 unspecified atom stereocenters. The van der Waals surface area contributed by atoms with Crippen molar-refractivity contribution in [1.82, 2.24) is 24.8 Å². The number of nitrogens with zero attached hydrogens (tertiary/aromatic N) is 4. The van der Waals surface area contributed by atoms with Gasteiger partial charge in [-0.1, -0.05) is 11.8 Å². The van der Waals surface area contributed by atoms with Gasteiger partial charge in [0.1, 0.15) is 5.52 Å². The Kier molecular flexibility index (Phi) is 6.67. The number of rotatable bonds is 5. The van der Waals surface area contributed by atoms with Crippen molar-refractivity contribution in [3.63, 3.8) is 0 Å². The van der Waals surface area contributed by atoms with Gasteiger partial charge in [-0.05, 0) is 43.5 Å². The number of H-pyrrole nitrogens is 1. The van der Waals surface area contributed by atoms with Crippen LogP contribution in [-0.4, -0.2) is 76.9 Å². The summed E-state index contributed by atoms with van der Waals surface area (Å²) in [5.74, 6) is 7.82. The van der Waals surface area contributed by atoms with E-state index in [-0.39, 0.29) is 0 Å². The highest BCUT2D eigenvalue weighted by Crippen LogP contribution is 2.25. The van der Waals surface area contributed by atoms with Gasteiger partial charge in [-0.2, -0.15) is 9.97 Å². The van der Waals surface area contributed by atoms with Crippen molar-refractivity contribution < 1.29 is 9.47 Å². The minimum absolute atomic E-state index is 0.324. The number of ether oxygens (including phenoxy) is 2. The zero-order chi connectivity index (χ0) is 22.5. The summed E-state index contributed by atoms with van der Waals surface area (Å²) < 4.78 is 10.9. The fourth-order valence-electron chi connectivity index (χ4n) is 4.04. The molecule has 9 nitrogen and oxygen atoms in total. The van der Waals surface area contributed by atoms with Gasteiger partial charge >= 0.3 is 0 Å². The lowest BCUT2D eigenvalue weighted by molar-refractivity contribution is 0.0443. The summed E-state index contributed by atoms with van der Waals surface area (Å²) in [5, 5.41) is 6.89. The van der Waals surface area contributed by atoms with Gasteiger partial charge in [0.2, 0.25) is 5.95 Å². The SMILES string of the molecule is Cc1cc(C#CCN2CCOCC2)ccc1Nc1nc(NC2CCOCC2)c2[nH]cnc2n1. The van der Waals surface area contributed by atoms with E-state index in [1.165, 1.54) is 0 Å². The molecular weight excluding hydrogens is 418 g/mol. The molecule has 2 aliphatic heterocycles. The lowest BCUT2D eigenvalue weighted by Gasteiger charge is -2.24. The number of aryl methyl sites for hydroxylation is 1. The molecule has 0 aliphatic carbocycles. The molecule has 3 N–H and O–H groups in total. The standard InChI is InChI=1S/C24H29N7O2/c1-17-15-18(3-2-8-31-9-13-33-14-10-31)4-5-20(17)28-24-29-22-21(25-16-26-22)23(30-24)27-19-6-11-32-12-7-19/h4-5,15-16,19H,6-14H2,1H3,(H3,25,26,27,28,29,30). The second kappa shape index (κ2) is 10.2. The van der Waals surface area contributed by atoms with Gasteiger partial charge in [-0.3, -0.25) is 4.90 Å². The Morgan fingerprint density at radius 3 is 2.76 bits per heavy atom. The molecule has 0 radical (unpaired) electrons. The van der Waals surface area contributed by atoms with E-state index in [0.717, 1.165) is 87.1 Å². The molecular formula is C24H29N7O2. The van der Waals surface area contributed by atoms with Gasteiger partial charge in [0.15, 0.2) is 11.5 Å². The normalized spacial score (nSPS) is 17.5. The lowest BCUT2D eigenvalue weighted by atomic mass is 10.1. The maximum absolute atomic E-state index is 5.47. The summed E-state index contributed by atoms with van der Waals surface area (Å²) >= 11 is 0. The number of hydrogen-bond acceptors (Lipinski definition) is 8. The fraction of sp³-hybridized carbons (Fsp3) is 0.458. The van der Waals surface area contributed by atoms with Gasteiger partial charge in [-0.15, -0.1) is 0 Å². The number of nitrogens with one attached hydrogen (secondary N) is 3. The van der Waals surface area contributed by atoms with Crippen LogP contribution in [0.2, 0.25) is 0 Å². The smallest absolute Gasteiger partial charge is 0.231 e. The minimum atomic E-state index is 0.324. The lowest BCUT2D eigenvalue weighted by Crippen LogP contribution is -2.36. The molecule has 33 heavy (non-hydrogen) atoms. The maximum atomic E-state index is 5.47. The Balaban J connectivity index is 1.30. The Labute approximate surface area is 193 Å². The summed E-state index contributed by atoms with van der Waals surface area (Å²) in [6.45, 7) is 7.83. The van der Waals surface area contributed by atoms with E-state index >= 15 is 0 Å². The van der Waals surface area contributed by atoms with Crippen molar-refractivity contribution in [2.24, 2.45) is 0 Å². The third-order valence-corrected chi connectivity index (χ3v) is 5.96. The van der Waals surface area contributed by atoms with E-state index in [2.05, 4.69) is 55.3 Å². The predicted octanol–water partition coefficient (Wildman–Crippen LogP) is 2.68. The van der Waals surface area contributed by atoms with Gasteiger partial charge < -0.3 is 25.1 Å². The molecule has 0 amide bonds. The number of imidazole rings is 1. The van der Waals surface area contributed by atoms with Gasteiger partial charge in [0, 0.05) is 43.6 Å². The van der Waals surface area contributed by atoms with E-state index in [9.17, 15) is 0 Å². The molecule has 9 heteroatoms. The van der Waals surface area contributed by atoms with E-state index in [1.54, 1.807) is 6.33 Å². The van der Waals surface area contributed by atoms with Crippen LogP contribution in [-0.2, 0) is 9.47 Å². The van der Waals surface area contributed by atoms with E-state index in [0.29, 0.717) is 17.6 Å². The van der Waals surface area contributed by atoms with Crippen molar-refractivity contribution in [1.29, 1.82) is 0 Å².